The number of primary amides is 1. The Morgan fingerprint density at radius 1 is 1.59 bits per heavy atom. The van der Waals surface area contributed by atoms with Crippen molar-refractivity contribution < 1.29 is 4.79 Å². The van der Waals surface area contributed by atoms with Gasteiger partial charge in [0.05, 0.1) is 0 Å². The summed E-state index contributed by atoms with van der Waals surface area (Å²) in [5.74, 6) is -0.361. The smallest absolute Gasteiger partial charge is 0.248 e. The first-order valence-corrected chi connectivity index (χ1v) is 5.99. The van der Waals surface area contributed by atoms with E-state index in [1.54, 1.807) is 6.07 Å². The Kier molecular flexibility index (Phi) is 3.76. The lowest BCUT2D eigenvalue weighted by Gasteiger charge is -2.31. The SMILES string of the molecule is CC1CN(Cc2cccc(C(N)=O)c2)CCN1. The van der Waals surface area contributed by atoms with Crippen molar-refractivity contribution in [1.29, 1.82) is 0 Å². The molecule has 1 aromatic carbocycles. The van der Waals surface area contributed by atoms with Crippen LogP contribution in [0.25, 0.3) is 0 Å². The van der Waals surface area contributed by atoms with E-state index in [4.69, 9.17) is 5.73 Å². The lowest BCUT2D eigenvalue weighted by molar-refractivity contribution is 0.1000. The zero-order valence-electron chi connectivity index (χ0n) is 10.1. The summed E-state index contributed by atoms with van der Waals surface area (Å²) in [6, 6.07) is 8.10. The molecule has 0 spiro atoms. The van der Waals surface area contributed by atoms with Gasteiger partial charge in [-0.3, -0.25) is 9.69 Å². The summed E-state index contributed by atoms with van der Waals surface area (Å²) in [4.78, 5) is 13.5. The van der Waals surface area contributed by atoms with Crippen molar-refractivity contribution in [1.82, 2.24) is 10.2 Å². The maximum Gasteiger partial charge on any atom is 0.248 e. The largest absolute Gasteiger partial charge is 0.366 e. The van der Waals surface area contributed by atoms with Crippen molar-refractivity contribution in [2.75, 3.05) is 19.6 Å². The third-order valence-corrected chi connectivity index (χ3v) is 3.07. The zero-order chi connectivity index (χ0) is 12.3. The van der Waals surface area contributed by atoms with E-state index < -0.39 is 0 Å². The third kappa shape index (κ3) is 3.28. The molecule has 0 bridgehead atoms. The average molecular weight is 233 g/mol. The molecule has 92 valence electrons. The summed E-state index contributed by atoms with van der Waals surface area (Å²) in [5, 5.41) is 3.41. The minimum Gasteiger partial charge on any atom is -0.366 e. The molecular weight excluding hydrogens is 214 g/mol. The van der Waals surface area contributed by atoms with Crippen molar-refractivity contribution in [3.05, 3.63) is 35.4 Å². The van der Waals surface area contributed by atoms with Crippen molar-refractivity contribution >= 4 is 5.91 Å². The van der Waals surface area contributed by atoms with Crippen LogP contribution < -0.4 is 11.1 Å². The molecule has 1 unspecified atom stereocenters. The van der Waals surface area contributed by atoms with Crippen LogP contribution in [0.2, 0.25) is 0 Å². The number of hydrogen-bond donors (Lipinski definition) is 2. The zero-order valence-corrected chi connectivity index (χ0v) is 10.1. The topological polar surface area (TPSA) is 58.4 Å². The Labute approximate surface area is 102 Å². The molecular formula is C13H19N3O. The first-order valence-electron chi connectivity index (χ1n) is 5.99. The number of benzene rings is 1. The fraction of sp³-hybridized carbons (Fsp3) is 0.462. The van der Waals surface area contributed by atoms with Crippen LogP contribution in [0.15, 0.2) is 24.3 Å². The van der Waals surface area contributed by atoms with E-state index in [9.17, 15) is 4.79 Å². The Hall–Kier alpha value is -1.39. The van der Waals surface area contributed by atoms with Gasteiger partial charge in [0.15, 0.2) is 0 Å². The monoisotopic (exact) mass is 233 g/mol. The molecule has 1 atom stereocenters. The fourth-order valence-electron chi connectivity index (χ4n) is 2.24. The lowest BCUT2D eigenvalue weighted by Crippen LogP contribution is -2.48. The number of nitrogens with zero attached hydrogens (tertiary/aromatic N) is 1. The molecule has 1 amide bonds. The van der Waals surface area contributed by atoms with Gasteiger partial charge in [-0.05, 0) is 24.6 Å². The highest BCUT2D eigenvalue weighted by molar-refractivity contribution is 5.92. The van der Waals surface area contributed by atoms with Crippen LogP contribution >= 0.6 is 0 Å². The molecule has 4 heteroatoms. The molecule has 1 aromatic rings. The Bertz CT molecular complexity index is 405. The minimum atomic E-state index is -0.361. The average Bonchev–Trinajstić information content (AvgIpc) is 2.29. The van der Waals surface area contributed by atoms with E-state index in [1.165, 1.54) is 0 Å². The normalized spacial score (nSPS) is 21.4. The number of nitrogens with two attached hydrogens (primary N) is 1. The molecule has 1 heterocycles. The predicted octanol–water partition coefficient (Wildman–Crippen LogP) is 0.579. The number of hydrogen-bond acceptors (Lipinski definition) is 3. The van der Waals surface area contributed by atoms with Gasteiger partial charge in [0.2, 0.25) is 5.91 Å². The van der Waals surface area contributed by atoms with E-state index in [0.29, 0.717) is 11.6 Å². The van der Waals surface area contributed by atoms with Gasteiger partial charge in [0.25, 0.3) is 0 Å². The number of carbonyl (C=O) groups excluding carboxylic acids is 1. The number of amides is 1. The molecule has 1 saturated heterocycles. The number of carbonyl (C=O) groups is 1. The van der Waals surface area contributed by atoms with Gasteiger partial charge >= 0.3 is 0 Å². The Balaban J connectivity index is 2.02. The van der Waals surface area contributed by atoms with Gasteiger partial charge < -0.3 is 11.1 Å². The van der Waals surface area contributed by atoms with Crippen LogP contribution in [0.1, 0.15) is 22.8 Å². The summed E-state index contributed by atoms with van der Waals surface area (Å²) >= 11 is 0. The molecule has 0 aliphatic carbocycles. The van der Waals surface area contributed by atoms with Crippen molar-refractivity contribution in [2.24, 2.45) is 5.73 Å². The molecule has 17 heavy (non-hydrogen) atoms. The van der Waals surface area contributed by atoms with Gasteiger partial charge in [-0.25, -0.2) is 0 Å². The molecule has 0 saturated carbocycles. The van der Waals surface area contributed by atoms with Crippen LogP contribution in [0, 0.1) is 0 Å². The Morgan fingerprint density at radius 2 is 2.41 bits per heavy atom. The molecule has 1 fully saturated rings. The van der Waals surface area contributed by atoms with E-state index >= 15 is 0 Å². The van der Waals surface area contributed by atoms with Gasteiger partial charge in [-0.2, -0.15) is 0 Å². The molecule has 1 aliphatic heterocycles. The van der Waals surface area contributed by atoms with Crippen LogP contribution in [-0.4, -0.2) is 36.5 Å². The summed E-state index contributed by atoms with van der Waals surface area (Å²) in [5.41, 5.74) is 7.01. The summed E-state index contributed by atoms with van der Waals surface area (Å²) in [6.45, 7) is 6.18. The standard InChI is InChI=1S/C13H19N3O/c1-10-8-16(6-5-15-10)9-11-3-2-4-12(7-11)13(14)17/h2-4,7,10,15H,5-6,8-9H2,1H3,(H2,14,17). The quantitative estimate of drug-likeness (QED) is 0.803. The third-order valence-electron chi connectivity index (χ3n) is 3.07. The van der Waals surface area contributed by atoms with E-state index in [2.05, 4.69) is 17.1 Å². The first kappa shape index (κ1) is 12.1. The van der Waals surface area contributed by atoms with Gasteiger partial charge in [-0.15, -0.1) is 0 Å². The number of rotatable bonds is 3. The molecule has 2 rings (SSSR count). The van der Waals surface area contributed by atoms with Crippen LogP contribution in [-0.2, 0) is 6.54 Å². The molecule has 0 aromatic heterocycles. The van der Waals surface area contributed by atoms with Gasteiger partial charge in [0, 0.05) is 37.8 Å². The maximum absolute atomic E-state index is 11.1. The minimum absolute atomic E-state index is 0.361. The van der Waals surface area contributed by atoms with Crippen molar-refractivity contribution in [2.45, 2.75) is 19.5 Å². The first-order chi connectivity index (χ1) is 8.15. The van der Waals surface area contributed by atoms with Gasteiger partial charge in [0.1, 0.15) is 0 Å². The van der Waals surface area contributed by atoms with E-state index in [0.717, 1.165) is 31.7 Å². The molecule has 3 N–H and O–H groups in total. The number of nitrogens with one attached hydrogen (secondary N) is 1. The van der Waals surface area contributed by atoms with E-state index in [1.807, 2.05) is 18.2 Å². The second-order valence-corrected chi connectivity index (χ2v) is 4.65. The highest BCUT2D eigenvalue weighted by atomic mass is 16.1. The molecule has 0 radical (unpaired) electrons. The van der Waals surface area contributed by atoms with Crippen molar-refractivity contribution in [3.8, 4) is 0 Å². The summed E-state index contributed by atoms with van der Waals surface area (Å²) < 4.78 is 0. The maximum atomic E-state index is 11.1. The summed E-state index contributed by atoms with van der Waals surface area (Å²) in [6.07, 6.45) is 0. The highest BCUT2D eigenvalue weighted by Crippen LogP contribution is 2.10. The van der Waals surface area contributed by atoms with Crippen molar-refractivity contribution in [3.63, 3.8) is 0 Å². The number of piperazine rings is 1. The van der Waals surface area contributed by atoms with Gasteiger partial charge in [-0.1, -0.05) is 12.1 Å². The van der Waals surface area contributed by atoms with E-state index in [-0.39, 0.29) is 5.91 Å². The van der Waals surface area contributed by atoms with Crippen LogP contribution in [0.4, 0.5) is 0 Å². The second-order valence-electron chi connectivity index (χ2n) is 4.65. The highest BCUT2D eigenvalue weighted by Gasteiger charge is 2.15. The van der Waals surface area contributed by atoms with Crippen LogP contribution in [0.3, 0.4) is 0 Å². The lowest BCUT2D eigenvalue weighted by atomic mass is 10.1. The summed E-state index contributed by atoms with van der Waals surface area (Å²) in [7, 11) is 0. The molecule has 4 nitrogen and oxygen atoms in total. The van der Waals surface area contributed by atoms with Crippen LogP contribution in [0.5, 0.6) is 0 Å². The second kappa shape index (κ2) is 5.29. The Morgan fingerprint density at radius 3 is 3.12 bits per heavy atom. The molecule has 1 aliphatic rings. The predicted molar refractivity (Wildman–Crippen MR) is 67.7 cm³/mol. The fourth-order valence-corrected chi connectivity index (χ4v) is 2.24.